The lowest BCUT2D eigenvalue weighted by atomic mass is 10.1. The van der Waals surface area contributed by atoms with Gasteiger partial charge < -0.3 is 4.90 Å². The van der Waals surface area contributed by atoms with Gasteiger partial charge in [0.15, 0.2) is 0 Å². The zero-order valence-corrected chi connectivity index (χ0v) is 10.6. The van der Waals surface area contributed by atoms with Crippen molar-refractivity contribution in [1.82, 2.24) is 4.98 Å². The Bertz CT molecular complexity index is 398. The van der Waals surface area contributed by atoms with E-state index in [2.05, 4.69) is 24.9 Å². The van der Waals surface area contributed by atoms with E-state index in [-0.39, 0.29) is 0 Å². The third-order valence-corrected chi connectivity index (χ3v) is 2.78. The maximum atomic E-state index is 8.84. The zero-order valence-electron chi connectivity index (χ0n) is 9.87. The first-order valence-electron chi connectivity index (χ1n) is 5.35. The second kappa shape index (κ2) is 5.72. The summed E-state index contributed by atoms with van der Waals surface area (Å²) < 4.78 is 0. The van der Waals surface area contributed by atoms with Crippen molar-refractivity contribution in [3.63, 3.8) is 0 Å². The summed E-state index contributed by atoms with van der Waals surface area (Å²) in [5.74, 6) is 1.35. The minimum atomic E-state index is 0.366. The Morgan fingerprint density at radius 3 is 2.81 bits per heavy atom. The molecule has 0 bridgehead atoms. The molecule has 0 aliphatic heterocycles. The number of halogens is 1. The zero-order chi connectivity index (χ0) is 12.1. The molecule has 0 saturated carbocycles. The monoisotopic (exact) mass is 237 g/mol. The van der Waals surface area contributed by atoms with E-state index >= 15 is 0 Å². The van der Waals surface area contributed by atoms with E-state index in [4.69, 9.17) is 16.9 Å². The minimum absolute atomic E-state index is 0.366. The fourth-order valence-corrected chi connectivity index (χ4v) is 1.64. The predicted molar refractivity (Wildman–Crippen MR) is 66.7 cm³/mol. The van der Waals surface area contributed by atoms with Crippen molar-refractivity contribution >= 4 is 17.4 Å². The third kappa shape index (κ3) is 3.39. The molecule has 1 aromatic rings. The van der Waals surface area contributed by atoms with E-state index in [0.29, 0.717) is 16.6 Å². The lowest BCUT2D eigenvalue weighted by Crippen LogP contribution is -2.24. The average Bonchev–Trinajstić information content (AvgIpc) is 2.27. The molecule has 0 amide bonds. The normalized spacial score (nSPS) is 11.9. The van der Waals surface area contributed by atoms with Gasteiger partial charge in [-0.1, -0.05) is 31.9 Å². The summed E-state index contributed by atoms with van der Waals surface area (Å²) in [5.41, 5.74) is 0.547. The van der Waals surface area contributed by atoms with Gasteiger partial charge in [0.2, 0.25) is 0 Å². The summed E-state index contributed by atoms with van der Waals surface area (Å²) in [6.45, 7) is 5.26. The van der Waals surface area contributed by atoms with Crippen LogP contribution >= 0.6 is 11.6 Å². The summed E-state index contributed by atoms with van der Waals surface area (Å²) >= 11 is 5.85. The molecule has 4 heteroatoms. The number of aromatic nitrogens is 1. The Hall–Kier alpha value is -1.27. The van der Waals surface area contributed by atoms with Crippen LogP contribution in [0, 0.1) is 17.2 Å². The Morgan fingerprint density at radius 1 is 1.56 bits per heavy atom. The smallest absolute Gasteiger partial charge is 0.132 e. The van der Waals surface area contributed by atoms with Crippen LogP contribution in [0.4, 0.5) is 5.82 Å². The molecule has 0 aliphatic carbocycles. The van der Waals surface area contributed by atoms with Crippen LogP contribution in [0.15, 0.2) is 12.1 Å². The van der Waals surface area contributed by atoms with Crippen molar-refractivity contribution in [3.8, 4) is 6.07 Å². The topological polar surface area (TPSA) is 39.9 Å². The molecule has 1 atom stereocenters. The number of anilines is 1. The van der Waals surface area contributed by atoms with Crippen molar-refractivity contribution in [3.05, 3.63) is 22.8 Å². The Labute approximate surface area is 102 Å². The average molecular weight is 238 g/mol. The fraction of sp³-hybridized carbons (Fsp3) is 0.500. The Kier molecular flexibility index (Phi) is 4.57. The molecule has 16 heavy (non-hydrogen) atoms. The van der Waals surface area contributed by atoms with Crippen LogP contribution in [0.5, 0.6) is 0 Å². The molecule has 1 heterocycles. The molecule has 0 aliphatic rings. The quantitative estimate of drug-likeness (QED) is 0.756. The molecular formula is C12H16ClN3. The van der Waals surface area contributed by atoms with E-state index in [9.17, 15) is 0 Å². The number of hydrogen-bond acceptors (Lipinski definition) is 3. The van der Waals surface area contributed by atoms with E-state index in [0.717, 1.165) is 18.8 Å². The number of pyridine rings is 1. The highest BCUT2D eigenvalue weighted by molar-refractivity contribution is 6.29. The second-order valence-corrected chi connectivity index (χ2v) is 4.43. The SMILES string of the molecule is CCC(C)CN(C)c1cc(C#N)cc(Cl)n1. The van der Waals surface area contributed by atoms with E-state index in [1.807, 2.05) is 11.9 Å². The number of nitriles is 1. The molecule has 0 aromatic carbocycles. The first-order chi connectivity index (χ1) is 7.56. The molecule has 1 aromatic heterocycles. The summed E-state index contributed by atoms with van der Waals surface area (Å²) in [7, 11) is 1.96. The first-order valence-corrected chi connectivity index (χ1v) is 5.73. The van der Waals surface area contributed by atoms with Gasteiger partial charge in [-0.25, -0.2) is 4.98 Å². The molecule has 0 spiro atoms. The summed E-state index contributed by atoms with van der Waals surface area (Å²) in [5, 5.41) is 9.21. The van der Waals surface area contributed by atoms with Crippen LogP contribution in [0.1, 0.15) is 25.8 Å². The van der Waals surface area contributed by atoms with Gasteiger partial charge in [-0.05, 0) is 18.1 Å². The van der Waals surface area contributed by atoms with E-state index < -0.39 is 0 Å². The van der Waals surface area contributed by atoms with Crippen LogP contribution in [-0.4, -0.2) is 18.6 Å². The lowest BCUT2D eigenvalue weighted by molar-refractivity contribution is 0.558. The van der Waals surface area contributed by atoms with Crippen molar-refractivity contribution in [2.24, 2.45) is 5.92 Å². The van der Waals surface area contributed by atoms with Gasteiger partial charge in [-0.2, -0.15) is 5.26 Å². The predicted octanol–water partition coefficient (Wildman–Crippen LogP) is 3.09. The summed E-state index contributed by atoms with van der Waals surface area (Å²) in [4.78, 5) is 6.24. The van der Waals surface area contributed by atoms with Crippen molar-refractivity contribution in [2.75, 3.05) is 18.5 Å². The maximum Gasteiger partial charge on any atom is 0.132 e. The van der Waals surface area contributed by atoms with Gasteiger partial charge in [0.05, 0.1) is 11.6 Å². The molecule has 0 fully saturated rings. The minimum Gasteiger partial charge on any atom is -0.359 e. The highest BCUT2D eigenvalue weighted by atomic mass is 35.5. The van der Waals surface area contributed by atoms with Crippen molar-refractivity contribution in [2.45, 2.75) is 20.3 Å². The summed E-state index contributed by atoms with van der Waals surface area (Å²) in [6, 6.07) is 5.41. The standard InChI is InChI=1S/C12H16ClN3/c1-4-9(2)8-16(3)12-6-10(7-14)5-11(13)15-12/h5-6,9H,4,8H2,1-3H3. The lowest BCUT2D eigenvalue weighted by Gasteiger charge is -2.21. The van der Waals surface area contributed by atoms with Gasteiger partial charge in [-0.3, -0.25) is 0 Å². The van der Waals surface area contributed by atoms with Gasteiger partial charge in [0.25, 0.3) is 0 Å². The van der Waals surface area contributed by atoms with Crippen LogP contribution in [-0.2, 0) is 0 Å². The highest BCUT2D eigenvalue weighted by Crippen LogP contribution is 2.18. The summed E-state index contributed by atoms with van der Waals surface area (Å²) in [6.07, 6.45) is 1.12. The van der Waals surface area contributed by atoms with Gasteiger partial charge >= 0.3 is 0 Å². The van der Waals surface area contributed by atoms with Gasteiger partial charge in [0, 0.05) is 13.6 Å². The fourth-order valence-electron chi connectivity index (χ4n) is 1.43. The van der Waals surface area contributed by atoms with Crippen LogP contribution < -0.4 is 4.90 Å². The van der Waals surface area contributed by atoms with E-state index in [1.54, 1.807) is 12.1 Å². The molecule has 86 valence electrons. The molecule has 1 unspecified atom stereocenters. The van der Waals surface area contributed by atoms with E-state index in [1.165, 1.54) is 0 Å². The maximum absolute atomic E-state index is 8.84. The molecule has 3 nitrogen and oxygen atoms in total. The number of rotatable bonds is 4. The van der Waals surface area contributed by atoms with Gasteiger partial charge in [-0.15, -0.1) is 0 Å². The first kappa shape index (κ1) is 12.8. The number of nitrogens with zero attached hydrogens (tertiary/aromatic N) is 3. The Morgan fingerprint density at radius 2 is 2.25 bits per heavy atom. The Balaban J connectivity index is 2.87. The van der Waals surface area contributed by atoms with Crippen LogP contribution in [0.25, 0.3) is 0 Å². The molecule has 0 radical (unpaired) electrons. The molecule has 1 rings (SSSR count). The second-order valence-electron chi connectivity index (χ2n) is 4.04. The van der Waals surface area contributed by atoms with Crippen LogP contribution in [0.2, 0.25) is 5.15 Å². The molecule has 0 saturated heterocycles. The third-order valence-electron chi connectivity index (χ3n) is 2.58. The molecule has 0 N–H and O–H groups in total. The van der Waals surface area contributed by atoms with Crippen molar-refractivity contribution < 1.29 is 0 Å². The number of hydrogen-bond donors (Lipinski definition) is 0. The van der Waals surface area contributed by atoms with Crippen LogP contribution in [0.3, 0.4) is 0 Å². The largest absolute Gasteiger partial charge is 0.359 e. The van der Waals surface area contributed by atoms with Gasteiger partial charge in [0.1, 0.15) is 11.0 Å². The highest BCUT2D eigenvalue weighted by Gasteiger charge is 2.08. The van der Waals surface area contributed by atoms with Crippen molar-refractivity contribution in [1.29, 1.82) is 5.26 Å². The molecular weight excluding hydrogens is 222 g/mol.